The number of rotatable bonds is 3. The molecule has 3 nitrogen and oxygen atoms in total. The Morgan fingerprint density at radius 1 is 1.43 bits per heavy atom. The molecular formula is C11H11NO2. The largest absolute Gasteiger partial charge is 0.388 e. The van der Waals surface area contributed by atoms with Crippen LogP contribution >= 0.6 is 0 Å². The third-order valence-electron chi connectivity index (χ3n) is 2.09. The van der Waals surface area contributed by atoms with E-state index in [2.05, 4.69) is 0 Å². The van der Waals surface area contributed by atoms with Gasteiger partial charge in [0.15, 0.2) is 0 Å². The molecule has 0 fully saturated rings. The Hall–Kier alpha value is -1.66. The van der Waals surface area contributed by atoms with Crippen molar-refractivity contribution < 1.29 is 9.90 Å². The summed E-state index contributed by atoms with van der Waals surface area (Å²) in [6.45, 7) is 1.65. The molecule has 1 aromatic rings. The van der Waals surface area contributed by atoms with Crippen molar-refractivity contribution in [2.24, 2.45) is 5.92 Å². The van der Waals surface area contributed by atoms with Crippen molar-refractivity contribution in [2.75, 3.05) is 0 Å². The summed E-state index contributed by atoms with van der Waals surface area (Å²) in [7, 11) is 0. The molecule has 0 unspecified atom stereocenters. The summed E-state index contributed by atoms with van der Waals surface area (Å²) in [6.07, 6.45) is -0.0803. The van der Waals surface area contributed by atoms with E-state index in [1.807, 2.05) is 6.07 Å². The molecule has 0 spiro atoms. The van der Waals surface area contributed by atoms with Gasteiger partial charge in [-0.05, 0) is 17.7 Å². The molecule has 72 valence electrons. The van der Waals surface area contributed by atoms with Gasteiger partial charge < -0.3 is 9.90 Å². The Labute approximate surface area is 82.6 Å². The van der Waals surface area contributed by atoms with Crippen LogP contribution in [-0.2, 0) is 4.79 Å². The lowest BCUT2D eigenvalue weighted by Crippen LogP contribution is -2.09. The molecule has 0 bridgehead atoms. The Morgan fingerprint density at radius 2 is 2.00 bits per heavy atom. The summed E-state index contributed by atoms with van der Waals surface area (Å²) >= 11 is 0. The van der Waals surface area contributed by atoms with Crippen molar-refractivity contribution in [3.05, 3.63) is 35.4 Å². The quantitative estimate of drug-likeness (QED) is 0.731. The molecule has 14 heavy (non-hydrogen) atoms. The molecule has 0 heterocycles. The number of aldehydes is 1. The van der Waals surface area contributed by atoms with E-state index in [9.17, 15) is 9.90 Å². The van der Waals surface area contributed by atoms with Gasteiger partial charge in [-0.2, -0.15) is 5.26 Å². The highest BCUT2D eigenvalue weighted by Gasteiger charge is 2.14. The minimum Gasteiger partial charge on any atom is -0.388 e. The number of carbonyl (C=O) groups excluding carboxylic acids is 1. The Bertz CT molecular complexity index is 351. The molecular weight excluding hydrogens is 178 g/mol. The number of hydrogen-bond donors (Lipinski definition) is 1. The number of aliphatic hydroxyl groups is 1. The van der Waals surface area contributed by atoms with Gasteiger partial charge in [0, 0.05) is 5.92 Å². The number of hydrogen-bond acceptors (Lipinski definition) is 3. The highest BCUT2D eigenvalue weighted by atomic mass is 16.3. The van der Waals surface area contributed by atoms with E-state index in [1.54, 1.807) is 31.2 Å². The summed E-state index contributed by atoms with van der Waals surface area (Å²) in [5, 5.41) is 18.2. The first-order valence-corrected chi connectivity index (χ1v) is 4.32. The van der Waals surface area contributed by atoms with Crippen LogP contribution < -0.4 is 0 Å². The zero-order chi connectivity index (χ0) is 10.6. The SMILES string of the molecule is C[C@@H](C=O)[C@@H](O)c1ccc(C#N)cc1. The zero-order valence-electron chi connectivity index (χ0n) is 7.84. The van der Waals surface area contributed by atoms with E-state index in [1.165, 1.54) is 0 Å². The molecule has 0 radical (unpaired) electrons. The average Bonchev–Trinajstić information content (AvgIpc) is 2.27. The first kappa shape index (κ1) is 10.4. The lowest BCUT2D eigenvalue weighted by molar-refractivity contribution is -0.113. The summed E-state index contributed by atoms with van der Waals surface area (Å²) in [5.74, 6) is -0.428. The Balaban J connectivity index is 2.87. The molecule has 0 aliphatic rings. The van der Waals surface area contributed by atoms with Gasteiger partial charge in [-0.15, -0.1) is 0 Å². The van der Waals surface area contributed by atoms with Crippen LogP contribution in [0, 0.1) is 17.2 Å². The van der Waals surface area contributed by atoms with Gasteiger partial charge in [-0.1, -0.05) is 19.1 Å². The van der Waals surface area contributed by atoms with Gasteiger partial charge in [0.25, 0.3) is 0 Å². The second-order valence-electron chi connectivity index (χ2n) is 3.17. The van der Waals surface area contributed by atoms with Gasteiger partial charge in [0.1, 0.15) is 6.29 Å². The molecule has 0 aliphatic carbocycles. The van der Waals surface area contributed by atoms with Crippen LogP contribution in [0.4, 0.5) is 0 Å². The van der Waals surface area contributed by atoms with E-state index in [4.69, 9.17) is 5.26 Å². The Morgan fingerprint density at radius 3 is 2.43 bits per heavy atom. The number of nitrogens with zero attached hydrogens (tertiary/aromatic N) is 1. The summed E-state index contributed by atoms with van der Waals surface area (Å²) in [5.41, 5.74) is 1.20. The highest BCUT2D eigenvalue weighted by molar-refractivity contribution is 5.54. The first-order chi connectivity index (χ1) is 6.69. The molecule has 3 heteroatoms. The molecule has 0 aromatic heterocycles. The van der Waals surface area contributed by atoms with Crippen LogP contribution in [0.25, 0.3) is 0 Å². The van der Waals surface area contributed by atoms with Crippen molar-refractivity contribution >= 4 is 6.29 Å². The predicted octanol–water partition coefficient (Wildman–Crippen LogP) is 1.43. The van der Waals surface area contributed by atoms with Crippen molar-refractivity contribution in [1.29, 1.82) is 5.26 Å². The lowest BCUT2D eigenvalue weighted by atomic mass is 9.98. The predicted molar refractivity (Wildman–Crippen MR) is 51.3 cm³/mol. The summed E-state index contributed by atoms with van der Waals surface area (Å²) in [4.78, 5) is 10.4. The van der Waals surface area contributed by atoms with Gasteiger partial charge in [0.2, 0.25) is 0 Å². The minimum absolute atomic E-state index is 0.428. The van der Waals surface area contributed by atoms with E-state index in [0.29, 0.717) is 17.4 Å². The molecule has 0 saturated heterocycles. The molecule has 0 amide bonds. The normalized spacial score (nSPS) is 14.1. The van der Waals surface area contributed by atoms with Crippen molar-refractivity contribution in [2.45, 2.75) is 13.0 Å². The van der Waals surface area contributed by atoms with Crippen molar-refractivity contribution in [1.82, 2.24) is 0 Å². The number of aliphatic hydroxyl groups excluding tert-OH is 1. The number of benzene rings is 1. The fraction of sp³-hybridized carbons (Fsp3) is 0.273. The zero-order valence-corrected chi connectivity index (χ0v) is 7.84. The smallest absolute Gasteiger partial charge is 0.125 e. The highest BCUT2D eigenvalue weighted by Crippen LogP contribution is 2.20. The van der Waals surface area contributed by atoms with Crippen LogP contribution in [0.3, 0.4) is 0 Å². The second-order valence-corrected chi connectivity index (χ2v) is 3.17. The van der Waals surface area contributed by atoms with E-state index < -0.39 is 12.0 Å². The molecule has 1 aromatic carbocycles. The fourth-order valence-electron chi connectivity index (χ4n) is 1.13. The van der Waals surface area contributed by atoms with Crippen molar-refractivity contribution in [3.63, 3.8) is 0 Å². The summed E-state index contributed by atoms with van der Waals surface area (Å²) in [6, 6.07) is 8.54. The van der Waals surface area contributed by atoms with Crippen LogP contribution in [0.2, 0.25) is 0 Å². The topological polar surface area (TPSA) is 61.1 Å². The molecule has 1 rings (SSSR count). The van der Waals surface area contributed by atoms with Crippen LogP contribution in [-0.4, -0.2) is 11.4 Å². The van der Waals surface area contributed by atoms with E-state index in [0.717, 1.165) is 0 Å². The number of carbonyl (C=O) groups is 1. The number of nitriles is 1. The molecule has 0 saturated carbocycles. The monoisotopic (exact) mass is 189 g/mol. The third kappa shape index (κ3) is 2.18. The summed E-state index contributed by atoms with van der Waals surface area (Å²) < 4.78 is 0. The second kappa shape index (κ2) is 4.54. The van der Waals surface area contributed by atoms with Gasteiger partial charge in [0.05, 0.1) is 17.7 Å². The standard InChI is InChI=1S/C11H11NO2/c1-8(7-13)11(14)10-4-2-9(6-12)3-5-10/h2-5,7-8,11,14H,1H3/t8-,11+/m0/s1. The molecule has 0 aliphatic heterocycles. The van der Waals surface area contributed by atoms with Crippen LogP contribution in [0.15, 0.2) is 24.3 Å². The molecule has 1 N–H and O–H groups in total. The fourth-order valence-corrected chi connectivity index (χ4v) is 1.13. The maximum atomic E-state index is 10.4. The third-order valence-corrected chi connectivity index (χ3v) is 2.09. The lowest BCUT2D eigenvalue weighted by Gasteiger charge is -2.13. The van der Waals surface area contributed by atoms with E-state index >= 15 is 0 Å². The van der Waals surface area contributed by atoms with Gasteiger partial charge >= 0.3 is 0 Å². The molecule has 2 atom stereocenters. The average molecular weight is 189 g/mol. The van der Waals surface area contributed by atoms with Crippen LogP contribution in [0.5, 0.6) is 0 Å². The maximum absolute atomic E-state index is 10.4. The Kier molecular flexibility index (Phi) is 3.38. The van der Waals surface area contributed by atoms with Crippen molar-refractivity contribution in [3.8, 4) is 6.07 Å². The van der Waals surface area contributed by atoms with E-state index in [-0.39, 0.29) is 0 Å². The maximum Gasteiger partial charge on any atom is 0.125 e. The first-order valence-electron chi connectivity index (χ1n) is 4.32. The van der Waals surface area contributed by atoms with Gasteiger partial charge in [-0.3, -0.25) is 0 Å². The van der Waals surface area contributed by atoms with Gasteiger partial charge in [-0.25, -0.2) is 0 Å². The van der Waals surface area contributed by atoms with Crippen LogP contribution in [0.1, 0.15) is 24.2 Å². The minimum atomic E-state index is -0.791.